The molecule has 0 bridgehead atoms. The Morgan fingerprint density at radius 2 is 2.04 bits per heavy atom. The first kappa shape index (κ1) is 20.8. The highest BCUT2D eigenvalue weighted by Gasteiger charge is 2.18. The van der Waals surface area contributed by atoms with Gasteiger partial charge in [-0.15, -0.1) is 0 Å². The average Bonchev–Trinajstić information content (AvgIpc) is 2.66. The van der Waals surface area contributed by atoms with Gasteiger partial charge in [-0.1, -0.05) is 30.9 Å². The molecule has 1 amide bonds. The second-order valence-corrected chi connectivity index (χ2v) is 8.11. The molecular weight excluding hydrogens is 368 g/mol. The number of hydrogen-bond acceptors (Lipinski definition) is 5. The summed E-state index contributed by atoms with van der Waals surface area (Å²) in [6, 6.07) is 5.68. The van der Waals surface area contributed by atoms with E-state index in [-0.39, 0.29) is 5.91 Å². The number of amides is 1. The van der Waals surface area contributed by atoms with Crippen molar-refractivity contribution in [1.29, 1.82) is 0 Å². The Balaban J connectivity index is 1.71. The molecule has 0 radical (unpaired) electrons. The monoisotopic (exact) mass is 396 g/mol. The van der Waals surface area contributed by atoms with Crippen molar-refractivity contribution >= 4 is 34.2 Å². The lowest BCUT2D eigenvalue weighted by molar-refractivity contribution is -0.118. The van der Waals surface area contributed by atoms with Crippen molar-refractivity contribution in [2.75, 3.05) is 39.6 Å². The highest BCUT2D eigenvalue weighted by atomic mass is 32.2. The fourth-order valence-corrected chi connectivity index (χ4v) is 3.96. The number of benzene rings is 1. The number of thioether (sulfide) groups is 1. The Labute approximate surface area is 165 Å². The van der Waals surface area contributed by atoms with E-state index in [1.165, 1.54) is 24.6 Å². The third kappa shape index (κ3) is 6.36. The molecule has 0 saturated carbocycles. The van der Waals surface area contributed by atoms with Gasteiger partial charge in [0.1, 0.15) is 15.8 Å². The molecule has 1 heterocycles. The molecule has 2 rings (SSSR count). The molecule has 1 aromatic rings. The number of rotatable bonds is 7. The number of piperidine rings is 1. The summed E-state index contributed by atoms with van der Waals surface area (Å²) in [6.07, 6.45) is 3.04. The molecule has 1 aliphatic rings. The normalized spacial score (nSPS) is 14.8. The first-order valence-electron chi connectivity index (χ1n) is 8.92. The number of likely N-dealkylation sites (tertiary alicyclic amines) is 1. The highest BCUT2D eigenvalue weighted by molar-refractivity contribution is 8.23. The van der Waals surface area contributed by atoms with Crippen molar-refractivity contribution in [1.82, 2.24) is 10.2 Å². The van der Waals surface area contributed by atoms with Crippen LogP contribution in [0, 0.1) is 5.92 Å². The fraction of sp³-hybridized carbons (Fsp3) is 0.579. The van der Waals surface area contributed by atoms with Gasteiger partial charge in [0.15, 0.2) is 0 Å². The summed E-state index contributed by atoms with van der Waals surface area (Å²) in [7, 11) is 3.28. The minimum absolute atomic E-state index is 0.00425. The fourth-order valence-electron chi connectivity index (χ4n) is 2.87. The molecule has 26 heavy (non-hydrogen) atoms. The Morgan fingerprint density at radius 1 is 1.31 bits per heavy atom. The second kappa shape index (κ2) is 10.6. The van der Waals surface area contributed by atoms with Crippen molar-refractivity contribution < 1.29 is 14.3 Å². The molecule has 0 spiro atoms. The van der Waals surface area contributed by atoms with Gasteiger partial charge in [-0.05, 0) is 48.9 Å². The van der Waals surface area contributed by atoms with E-state index in [1.54, 1.807) is 14.2 Å². The number of thiocarbonyl (C=S) groups is 1. The first-order chi connectivity index (χ1) is 12.5. The van der Waals surface area contributed by atoms with Crippen LogP contribution in [0.1, 0.15) is 25.3 Å². The summed E-state index contributed by atoms with van der Waals surface area (Å²) in [6.45, 7) is 4.84. The lowest BCUT2D eigenvalue weighted by Crippen LogP contribution is -2.36. The quantitative estimate of drug-likeness (QED) is 0.715. The summed E-state index contributed by atoms with van der Waals surface area (Å²) in [4.78, 5) is 14.3. The largest absolute Gasteiger partial charge is 0.497 e. The van der Waals surface area contributed by atoms with E-state index in [4.69, 9.17) is 21.7 Å². The number of carbonyl (C=O) groups excluding carboxylic acids is 1. The van der Waals surface area contributed by atoms with E-state index in [0.29, 0.717) is 18.7 Å². The summed E-state index contributed by atoms with van der Waals surface area (Å²) in [5.41, 5.74) is 1.01. The van der Waals surface area contributed by atoms with E-state index in [2.05, 4.69) is 17.1 Å². The van der Waals surface area contributed by atoms with Gasteiger partial charge in [0.05, 0.1) is 20.0 Å². The summed E-state index contributed by atoms with van der Waals surface area (Å²) < 4.78 is 11.4. The lowest BCUT2D eigenvalue weighted by atomic mass is 10.00. The molecular formula is C19H28N2O3S2. The average molecular weight is 397 g/mol. The van der Waals surface area contributed by atoms with Gasteiger partial charge in [-0.25, -0.2) is 0 Å². The second-order valence-electron chi connectivity index (χ2n) is 6.50. The molecule has 0 aromatic heterocycles. The minimum atomic E-state index is 0.00425. The minimum Gasteiger partial charge on any atom is -0.497 e. The Hall–Kier alpha value is -1.47. The van der Waals surface area contributed by atoms with Crippen LogP contribution in [0.2, 0.25) is 0 Å². The molecule has 1 saturated heterocycles. The van der Waals surface area contributed by atoms with Gasteiger partial charge in [0.25, 0.3) is 0 Å². The predicted octanol–water partition coefficient (Wildman–Crippen LogP) is 3.11. The van der Waals surface area contributed by atoms with Crippen LogP contribution in [0.25, 0.3) is 0 Å². The molecule has 1 aliphatic heterocycles. The zero-order valence-corrected chi connectivity index (χ0v) is 17.4. The topological polar surface area (TPSA) is 50.8 Å². The van der Waals surface area contributed by atoms with Crippen LogP contribution in [0.3, 0.4) is 0 Å². The molecule has 7 heteroatoms. The van der Waals surface area contributed by atoms with E-state index in [0.717, 1.165) is 40.4 Å². The van der Waals surface area contributed by atoms with Gasteiger partial charge >= 0.3 is 0 Å². The molecule has 1 fully saturated rings. The molecule has 5 nitrogen and oxygen atoms in total. The number of nitrogens with one attached hydrogen (secondary N) is 1. The van der Waals surface area contributed by atoms with Gasteiger partial charge < -0.3 is 19.7 Å². The van der Waals surface area contributed by atoms with Crippen LogP contribution in [0.15, 0.2) is 18.2 Å². The Bertz CT molecular complexity index is 617. The van der Waals surface area contributed by atoms with Crippen LogP contribution >= 0.6 is 24.0 Å². The third-order valence-electron chi connectivity index (χ3n) is 4.57. The number of carbonyl (C=O) groups is 1. The Kier molecular flexibility index (Phi) is 8.51. The zero-order chi connectivity index (χ0) is 18.9. The van der Waals surface area contributed by atoms with E-state index in [1.807, 2.05) is 18.2 Å². The number of ether oxygens (including phenoxy) is 2. The smallest absolute Gasteiger partial charge is 0.230 e. The van der Waals surface area contributed by atoms with Crippen LogP contribution in [-0.4, -0.2) is 54.7 Å². The molecule has 144 valence electrons. The molecule has 0 atom stereocenters. The number of methoxy groups -OCH3 is 2. The zero-order valence-electron chi connectivity index (χ0n) is 15.7. The van der Waals surface area contributed by atoms with E-state index >= 15 is 0 Å². The number of nitrogens with zero attached hydrogens (tertiary/aromatic N) is 1. The van der Waals surface area contributed by atoms with Crippen molar-refractivity contribution in [3.05, 3.63) is 23.8 Å². The number of hydrogen-bond donors (Lipinski definition) is 1. The maximum absolute atomic E-state index is 12.1. The van der Waals surface area contributed by atoms with E-state index in [9.17, 15) is 4.79 Å². The van der Waals surface area contributed by atoms with Gasteiger partial charge in [-0.2, -0.15) is 0 Å². The van der Waals surface area contributed by atoms with Crippen LogP contribution in [0.5, 0.6) is 11.5 Å². The standard InChI is InChI=1S/C19H28N2O3S2/c1-14-7-10-21(11-8-14)19(25)26-13-18(22)20-9-6-15-12-16(23-2)4-5-17(15)24-3/h4-5,12,14H,6-11,13H2,1-3H3,(H,20,22). The van der Waals surface area contributed by atoms with Gasteiger partial charge in [0, 0.05) is 19.6 Å². The van der Waals surface area contributed by atoms with Gasteiger partial charge in [0.2, 0.25) is 5.91 Å². The molecule has 0 aliphatic carbocycles. The maximum Gasteiger partial charge on any atom is 0.230 e. The third-order valence-corrected chi connectivity index (χ3v) is 6.10. The maximum atomic E-state index is 12.1. The van der Waals surface area contributed by atoms with Crippen molar-refractivity contribution in [3.63, 3.8) is 0 Å². The van der Waals surface area contributed by atoms with Gasteiger partial charge in [-0.3, -0.25) is 4.79 Å². The van der Waals surface area contributed by atoms with Crippen LogP contribution in [-0.2, 0) is 11.2 Å². The Morgan fingerprint density at radius 3 is 2.69 bits per heavy atom. The predicted molar refractivity (Wildman–Crippen MR) is 111 cm³/mol. The van der Waals surface area contributed by atoms with Crippen molar-refractivity contribution in [2.24, 2.45) is 5.92 Å². The summed E-state index contributed by atoms with van der Waals surface area (Å²) >= 11 is 6.91. The van der Waals surface area contributed by atoms with E-state index < -0.39 is 0 Å². The SMILES string of the molecule is COc1ccc(OC)c(CCNC(=O)CSC(=S)N2CCC(C)CC2)c1. The van der Waals surface area contributed by atoms with Crippen LogP contribution in [0.4, 0.5) is 0 Å². The summed E-state index contributed by atoms with van der Waals surface area (Å²) in [5, 5.41) is 2.95. The van der Waals surface area contributed by atoms with Crippen molar-refractivity contribution in [2.45, 2.75) is 26.2 Å². The highest BCUT2D eigenvalue weighted by Crippen LogP contribution is 2.24. The lowest BCUT2D eigenvalue weighted by Gasteiger charge is -2.31. The van der Waals surface area contributed by atoms with Crippen LogP contribution < -0.4 is 14.8 Å². The van der Waals surface area contributed by atoms with Crippen molar-refractivity contribution in [3.8, 4) is 11.5 Å². The molecule has 0 unspecified atom stereocenters. The summed E-state index contributed by atoms with van der Waals surface area (Å²) in [5.74, 6) is 2.72. The molecule has 1 aromatic carbocycles. The molecule has 1 N–H and O–H groups in total. The first-order valence-corrected chi connectivity index (χ1v) is 10.3.